The van der Waals surface area contributed by atoms with Gasteiger partial charge in [0.1, 0.15) is 6.17 Å². The number of halogens is 1. The summed E-state index contributed by atoms with van der Waals surface area (Å²) < 4.78 is 45.7. The van der Waals surface area contributed by atoms with Gasteiger partial charge in [-0.05, 0) is 25.0 Å². The van der Waals surface area contributed by atoms with Crippen LogP contribution in [-0.2, 0) is 16.5 Å². The Labute approximate surface area is 121 Å². The fraction of sp³-hybridized carbons (Fsp3) is 0.600. The molecule has 0 spiro atoms. The van der Waals surface area contributed by atoms with Crippen LogP contribution in [0.4, 0.5) is 4.39 Å². The van der Waals surface area contributed by atoms with Crippen LogP contribution in [0, 0.1) is 6.92 Å². The van der Waals surface area contributed by atoms with Crippen LogP contribution < -0.4 is 0 Å². The lowest BCUT2D eigenvalue weighted by Crippen LogP contribution is -2.10. The van der Waals surface area contributed by atoms with Gasteiger partial charge in [0.05, 0.1) is 4.90 Å². The second-order valence-electron chi connectivity index (χ2n) is 5.24. The van der Waals surface area contributed by atoms with Crippen molar-refractivity contribution in [1.82, 2.24) is 0 Å². The summed E-state index contributed by atoms with van der Waals surface area (Å²) in [5.41, 5.74) is 1.21. The molecule has 1 aromatic carbocycles. The van der Waals surface area contributed by atoms with Crippen molar-refractivity contribution in [2.45, 2.75) is 63.4 Å². The van der Waals surface area contributed by atoms with Crippen LogP contribution in [0.2, 0.25) is 0 Å². The van der Waals surface area contributed by atoms with Gasteiger partial charge in [-0.15, -0.1) is 0 Å². The molecule has 114 valence electrons. The van der Waals surface area contributed by atoms with E-state index >= 15 is 0 Å². The zero-order valence-electron chi connectivity index (χ0n) is 12.1. The zero-order valence-corrected chi connectivity index (χ0v) is 12.9. The highest BCUT2D eigenvalue weighted by Gasteiger charge is 2.18. The molecule has 1 N–H and O–H groups in total. The summed E-state index contributed by atoms with van der Waals surface area (Å²) in [5.74, 6) is 0. The van der Waals surface area contributed by atoms with E-state index in [-0.39, 0.29) is 11.3 Å². The Bertz CT molecular complexity index is 526. The number of rotatable bonds is 8. The summed E-state index contributed by atoms with van der Waals surface area (Å²) in [6.07, 6.45) is 3.38. The highest BCUT2D eigenvalue weighted by atomic mass is 32.2. The van der Waals surface area contributed by atoms with Crippen molar-refractivity contribution >= 4 is 10.1 Å². The summed E-state index contributed by atoms with van der Waals surface area (Å²) in [7, 11) is -4.29. The highest BCUT2D eigenvalue weighted by molar-refractivity contribution is 7.85. The molecule has 0 fully saturated rings. The van der Waals surface area contributed by atoms with Gasteiger partial charge in [-0.1, -0.05) is 50.3 Å². The van der Waals surface area contributed by atoms with E-state index in [0.717, 1.165) is 31.2 Å². The summed E-state index contributed by atoms with van der Waals surface area (Å²) in [6, 6.07) is 4.56. The zero-order chi connectivity index (χ0) is 15.2. The molecule has 5 heteroatoms. The first-order chi connectivity index (χ1) is 9.34. The number of benzene rings is 1. The van der Waals surface area contributed by atoms with Crippen LogP contribution in [0.25, 0.3) is 0 Å². The maximum absolute atomic E-state index is 13.9. The van der Waals surface area contributed by atoms with Crippen molar-refractivity contribution in [2.24, 2.45) is 0 Å². The van der Waals surface area contributed by atoms with Gasteiger partial charge < -0.3 is 0 Å². The third-order valence-electron chi connectivity index (χ3n) is 3.31. The molecule has 0 aromatic heterocycles. The average Bonchev–Trinajstić information content (AvgIpc) is 2.33. The molecule has 0 aliphatic rings. The average molecular weight is 302 g/mol. The van der Waals surface area contributed by atoms with E-state index in [4.69, 9.17) is 4.55 Å². The van der Waals surface area contributed by atoms with E-state index in [2.05, 4.69) is 6.92 Å². The van der Waals surface area contributed by atoms with E-state index in [9.17, 15) is 12.8 Å². The Morgan fingerprint density at radius 2 is 1.95 bits per heavy atom. The second-order valence-corrected chi connectivity index (χ2v) is 6.63. The summed E-state index contributed by atoms with van der Waals surface area (Å²) >= 11 is 0. The molecule has 3 nitrogen and oxygen atoms in total. The van der Waals surface area contributed by atoms with Crippen molar-refractivity contribution < 1.29 is 17.4 Å². The van der Waals surface area contributed by atoms with Crippen LogP contribution in [-0.4, -0.2) is 19.1 Å². The van der Waals surface area contributed by atoms with Gasteiger partial charge in [0, 0.05) is 6.42 Å². The first kappa shape index (κ1) is 17.1. The molecule has 20 heavy (non-hydrogen) atoms. The first-order valence-corrected chi connectivity index (χ1v) is 8.49. The number of unbranched alkanes of at least 4 members (excludes halogenated alkanes) is 3. The molecule has 1 rings (SSSR count). The minimum Gasteiger partial charge on any atom is -0.282 e. The maximum atomic E-state index is 13.9. The van der Waals surface area contributed by atoms with E-state index in [0.29, 0.717) is 12.0 Å². The van der Waals surface area contributed by atoms with Gasteiger partial charge in [0.15, 0.2) is 0 Å². The van der Waals surface area contributed by atoms with Crippen LogP contribution in [0.3, 0.4) is 0 Å². The first-order valence-electron chi connectivity index (χ1n) is 7.05. The number of hydrogen-bond acceptors (Lipinski definition) is 2. The van der Waals surface area contributed by atoms with Crippen LogP contribution in [0.5, 0.6) is 0 Å². The Balaban J connectivity index is 2.73. The monoisotopic (exact) mass is 302 g/mol. The van der Waals surface area contributed by atoms with E-state index in [1.807, 2.05) is 6.92 Å². The number of hydrogen-bond donors (Lipinski definition) is 1. The van der Waals surface area contributed by atoms with Gasteiger partial charge >= 0.3 is 0 Å². The predicted molar refractivity (Wildman–Crippen MR) is 78.4 cm³/mol. The highest BCUT2D eigenvalue weighted by Crippen LogP contribution is 2.21. The summed E-state index contributed by atoms with van der Waals surface area (Å²) in [6.45, 7) is 3.91. The fourth-order valence-electron chi connectivity index (χ4n) is 2.25. The lowest BCUT2D eigenvalue weighted by atomic mass is 10.0. The lowest BCUT2D eigenvalue weighted by molar-refractivity contribution is 0.301. The Hall–Kier alpha value is -0.940. The molecule has 1 atom stereocenters. The number of alkyl halides is 1. The van der Waals surface area contributed by atoms with Crippen LogP contribution >= 0.6 is 0 Å². The molecule has 0 radical (unpaired) electrons. The van der Waals surface area contributed by atoms with Crippen LogP contribution in [0.1, 0.15) is 50.2 Å². The Kier molecular flexibility index (Phi) is 6.62. The molecular weight excluding hydrogens is 279 g/mol. The molecule has 0 aliphatic carbocycles. The minimum absolute atomic E-state index is 0.0307. The molecule has 0 unspecified atom stereocenters. The molecule has 0 saturated heterocycles. The van der Waals surface area contributed by atoms with Gasteiger partial charge in [-0.25, -0.2) is 4.39 Å². The van der Waals surface area contributed by atoms with E-state index in [1.165, 1.54) is 6.07 Å². The van der Waals surface area contributed by atoms with Gasteiger partial charge in [-0.3, -0.25) is 4.55 Å². The molecule has 0 heterocycles. The van der Waals surface area contributed by atoms with Gasteiger partial charge in [0.2, 0.25) is 0 Å². The quantitative estimate of drug-likeness (QED) is 0.581. The topological polar surface area (TPSA) is 54.4 Å². The minimum atomic E-state index is -4.29. The molecular formula is C15H23FO3S. The normalized spacial score (nSPS) is 13.4. The van der Waals surface area contributed by atoms with Crippen molar-refractivity contribution in [3.8, 4) is 0 Å². The van der Waals surface area contributed by atoms with Crippen molar-refractivity contribution in [3.05, 3.63) is 29.3 Å². The predicted octanol–water partition coefficient (Wildman–Crippen LogP) is 4.09. The second kappa shape index (κ2) is 7.74. The molecule has 0 bridgehead atoms. The fourth-order valence-corrected chi connectivity index (χ4v) is 2.97. The molecule has 0 aliphatic heterocycles. The Morgan fingerprint density at radius 3 is 2.55 bits per heavy atom. The third kappa shape index (κ3) is 5.59. The summed E-state index contributed by atoms with van der Waals surface area (Å²) in [5, 5.41) is 0. The largest absolute Gasteiger partial charge is 0.294 e. The lowest BCUT2D eigenvalue weighted by Gasteiger charge is -2.12. The van der Waals surface area contributed by atoms with Crippen LogP contribution in [0.15, 0.2) is 23.1 Å². The maximum Gasteiger partial charge on any atom is 0.294 e. The molecule has 1 aromatic rings. The van der Waals surface area contributed by atoms with Crippen molar-refractivity contribution in [1.29, 1.82) is 0 Å². The van der Waals surface area contributed by atoms with Gasteiger partial charge in [0.25, 0.3) is 10.1 Å². The SMILES string of the molecule is CCCCCC[C@@H](F)Cc1cc(C)ccc1S(=O)(=O)O. The standard InChI is InChI=1S/C15H23FO3S/c1-3-4-5-6-7-14(16)11-13-10-12(2)8-9-15(13)20(17,18)19/h8-10,14H,3-7,11H2,1-2H3,(H,17,18,19)/t14-/m1/s1. The number of aryl methyl sites for hydroxylation is 1. The van der Waals surface area contributed by atoms with E-state index in [1.54, 1.807) is 12.1 Å². The van der Waals surface area contributed by atoms with Gasteiger partial charge in [-0.2, -0.15) is 8.42 Å². The van der Waals surface area contributed by atoms with Crippen molar-refractivity contribution in [3.63, 3.8) is 0 Å². The smallest absolute Gasteiger partial charge is 0.282 e. The summed E-state index contributed by atoms with van der Waals surface area (Å²) in [4.78, 5) is -0.181. The molecule has 0 amide bonds. The van der Waals surface area contributed by atoms with E-state index < -0.39 is 16.3 Å². The Morgan fingerprint density at radius 1 is 1.25 bits per heavy atom. The van der Waals surface area contributed by atoms with Crippen molar-refractivity contribution in [2.75, 3.05) is 0 Å². The molecule has 0 saturated carbocycles. The third-order valence-corrected chi connectivity index (χ3v) is 4.26.